The number of piperidine rings is 3. The van der Waals surface area contributed by atoms with Crippen molar-refractivity contribution >= 4 is 5.91 Å². The van der Waals surface area contributed by atoms with E-state index in [1.807, 2.05) is 0 Å². The number of alkyl halides is 3. The minimum Gasteiger partial charge on any atom is -0.348 e. The van der Waals surface area contributed by atoms with Gasteiger partial charge < -0.3 is 10.2 Å². The van der Waals surface area contributed by atoms with E-state index in [9.17, 15) is 22.8 Å². The van der Waals surface area contributed by atoms with Crippen LogP contribution in [-0.4, -0.2) is 41.1 Å². The molecule has 3 aliphatic heterocycles. The van der Waals surface area contributed by atoms with E-state index >= 15 is 0 Å². The number of aromatic nitrogens is 1. The van der Waals surface area contributed by atoms with Gasteiger partial charge in [0.2, 0.25) is 0 Å². The quantitative estimate of drug-likeness (QED) is 0.828. The second-order valence-electron chi connectivity index (χ2n) is 8.04. The van der Waals surface area contributed by atoms with Crippen LogP contribution in [0, 0.1) is 5.92 Å². The van der Waals surface area contributed by atoms with Crippen molar-refractivity contribution < 1.29 is 18.0 Å². The molecule has 1 aromatic heterocycles. The number of hydrogen-bond acceptors (Lipinski definition) is 3. The van der Waals surface area contributed by atoms with Crippen LogP contribution in [0.1, 0.15) is 41.3 Å². The average Bonchev–Trinajstić information content (AvgIpc) is 2.74. The van der Waals surface area contributed by atoms with E-state index in [1.165, 1.54) is 30.5 Å². The van der Waals surface area contributed by atoms with Crippen LogP contribution in [0.25, 0.3) is 5.69 Å². The molecule has 5 rings (SSSR count). The number of nitrogens with one attached hydrogen (secondary N) is 1. The predicted molar refractivity (Wildman–Crippen MR) is 107 cm³/mol. The molecule has 3 saturated heterocycles. The lowest BCUT2D eigenvalue weighted by Gasteiger charge is -2.44. The molecule has 1 amide bonds. The Morgan fingerprint density at radius 1 is 1.17 bits per heavy atom. The van der Waals surface area contributed by atoms with Crippen LogP contribution in [0.2, 0.25) is 0 Å². The van der Waals surface area contributed by atoms with E-state index in [2.05, 4.69) is 10.2 Å². The number of benzene rings is 1. The largest absolute Gasteiger partial charge is 0.416 e. The molecule has 0 saturated carbocycles. The van der Waals surface area contributed by atoms with Gasteiger partial charge in [-0.3, -0.25) is 14.2 Å². The first-order valence-electron chi connectivity index (χ1n) is 10.2. The highest BCUT2D eigenvalue weighted by Crippen LogP contribution is 2.33. The molecule has 3 fully saturated rings. The first-order valence-corrected chi connectivity index (χ1v) is 10.2. The molecule has 0 spiro atoms. The molecule has 8 heteroatoms. The molecule has 3 aliphatic rings. The molecule has 30 heavy (non-hydrogen) atoms. The Hall–Kier alpha value is -2.61. The number of pyridine rings is 1. The van der Waals surface area contributed by atoms with Crippen LogP contribution >= 0.6 is 0 Å². The molecule has 2 aromatic rings. The number of hydrogen-bond donors (Lipinski definition) is 1. The number of rotatable bonds is 4. The van der Waals surface area contributed by atoms with E-state index in [0.717, 1.165) is 43.1 Å². The van der Waals surface area contributed by atoms with Gasteiger partial charge in [0.15, 0.2) is 0 Å². The van der Waals surface area contributed by atoms with Crippen molar-refractivity contribution in [3.8, 4) is 5.69 Å². The van der Waals surface area contributed by atoms with Crippen LogP contribution < -0.4 is 10.9 Å². The summed E-state index contributed by atoms with van der Waals surface area (Å²) in [5.41, 5.74) is -0.764. The summed E-state index contributed by atoms with van der Waals surface area (Å²) in [7, 11) is 0. The summed E-state index contributed by atoms with van der Waals surface area (Å²) in [6.45, 7) is 4.56. The SMILES string of the molecule is CCc1ccc(-n2cc(C(=O)NC3CN4CCC3CC4)ccc2=O)cc1C(F)(F)F. The number of amides is 1. The Kier molecular flexibility index (Phi) is 5.44. The van der Waals surface area contributed by atoms with Gasteiger partial charge in [-0.05, 0) is 62.0 Å². The average molecular weight is 419 g/mol. The fourth-order valence-corrected chi connectivity index (χ4v) is 4.49. The molecule has 4 heterocycles. The van der Waals surface area contributed by atoms with Crippen molar-refractivity contribution in [2.24, 2.45) is 5.92 Å². The molecule has 1 unspecified atom stereocenters. The zero-order chi connectivity index (χ0) is 21.5. The van der Waals surface area contributed by atoms with Gasteiger partial charge >= 0.3 is 6.18 Å². The Labute approximate surface area is 172 Å². The van der Waals surface area contributed by atoms with Crippen LogP contribution in [0.5, 0.6) is 0 Å². The summed E-state index contributed by atoms with van der Waals surface area (Å²) in [5, 5.41) is 3.04. The summed E-state index contributed by atoms with van der Waals surface area (Å²) < 4.78 is 41.4. The third-order valence-electron chi connectivity index (χ3n) is 6.20. The van der Waals surface area contributed by atoms with Gasteiger partial charge in [0, 0.05) is 30.5 Å². The predicted octanol–water partition coefficient (Wildman–Crippen LogP) is 3.24. The topological polar surface area (TPSA) is 54.3 Å². The number of nitrogens with zero attached hydrogens (tertiary/aromatic N) is 2. The lowest BCUT2D eigenvalue weighted by atomic mass is 9.84. The van der Waals surface area contributed by atoms with E-state index in [4.69, 9.17) is 0 Å². The van der Waals surface area contributed by atoms with Crippen molar-refractivity contribution in [3.05, 3.63) is 63.6 Å². The first-order chi connectivity index (χ1) is 14.3. The molecule has 0 radical (unpaired) electrons. The number of aryl methyl sites for hydroxylation is 1. The Morgan fingerprint density at radius 2 is 1.90 bits per heavy atom. The highest BCUT2D eigenvalue weighted by Gasteiger charge is 2.35. The molecule has 1 N–H and O–H groups in total. The van der Waals surface area contributed by atoms with Crippen molar-refractivity contribution in [2.45, 2.75) is 38.4 Å². The highest BCUT2D eigenvalue weighted by atomic mass is 19.4. The van der Waals surface area contributed by atoms with Gasteiger partial charge in [0.05, 0.1) is 11.1 Å². The lowest BCUT2D eigenvalue weighted by Crippen LogP contribution is -2.57. The van der Waals surface area contributed by atoms with Crippen LogP contribution in [0.3, 0.4) is 0 Å². The van der Waals surface area contributed by atoms with E-state index in [-0.39, 0.29) is 35.2 Å². The summed E-state index contributed by atoms with van der Waals surface area (Å²) >= 11 is 0. The maximum absolute atomic E-state index is 13.4. The Balaban J connectivity index is 1.62. The zero-order valence-electron chi connectivity index (χ0n) is 16.7. The van der Waals surface area contributed by atoms with Crippen molar-refractivity contribution in [2.75, 3.05) is 19.6 Å². The monoisotopic (exact) mass is 419 g/mol. The van der Waals surface area contributed by atoms with Crippen molar-refractivity contribution in [1.29, 1.82) is 0 Å². The number of halogens is 3. The Bertz CT molecular complexity index is 1010. The summed E-state index contributed by atoms with van der Waals surface area (Å²) in [6, 6.07) is 6.51. The van der Waals surface area contributed by atoms with E-state index in [0.29, 0.717) is 5.92 Å². The van der Waals surface area contributed by atoms with Gasteiger partial charge in [-0.15, -0.1) is 0 Å². The van der Waals surface area contributed by atoms with Gasteiger partial charge in [-0.1, -0.05) is 13.0 Å². The molecular weight excluding hydrogens is 395 g/mol. The maximum atomic E-state index is 13.4. The van der Waals surface area contributed by atoms with Crippen molar-refractivity contribution in [1.82, 2.24) is 14.8 Å². The first kappa shape index (κ1) is 20.7. The standard InChI is InChI=1S/C22H24F3N3O2/c1-2-14-3-5-17(11-18(14)22(23,24)25)28-12-16(4-6-20(28)29)21(30)26-19-13-27-9-7-15(19)8-10-27/h3-6,11-12,15,19H,2,7-10,13H2,1H3,(H,26,30). The molecule has 2 bridgehead atoms. The third kappa shape index (κ3) is 4.01. The van der Waals surface area contributed by atoms with Gasteiger partial charge in [-0.25, -0.2) is 0 Å². The number of fused-ring (bicyclic) bond motifs is 3. The molecule has 160 valence electrons. The smallest absolute Gasteiger partial charge is 0.348 e. The molecular formula is C22H24F3N3O2. The third-order valence-corrected chi connectivity index (χ3v) is 6.20. The second-order valence-corrected chi connectivity index (χ2v) is 8.04. The van der Waals surface area contributed by atoms with Crippen LogP contribution in [-0.2, 0) is 12.6 Å². The fraction of sp³-hybridized carbons (Fsp3) is 0.455. The summed E-state index contributed by atoms with van der Waals surface area (Å²) in [5.74, 6) is 0.129. The highest BCUT2D eigenvalue weighted by molar-refractivity contribution is 5.94. The molecule has 5 nitrogen and oxygen atoms in total. The minimum absolute atomic E-state index is 0.0565. The summed E-state index contributed by atoms with van der Waals surface area (Å²) in [6.07, 6.45) is -0.870. The van der Waals surface area contributed by atoms with Gasteiger partial charge in [0.25, 0.3) is 11.5 Å². The maximum Gasteiger partial charge on any atom is 0.416 e. The molecule has 0 aliphatic carbocycles. The summed E-state index contributed by atoms with van der Waals surface area (Å²) in [4.78, 5) is 27.5. The number of carbonyl (C=O) groups excluding carboxylic acids is 1. The molecule has 1 atom stereocenters. The van der Waals surface area contributed by atoms with Crippen molar-refractivity contribution in [3.63, 3.8) is 0 Å². The normalized spacial score (nSPS) is 23.4. The van der Waals surface area contributed by atoms with Crippen LogP contribution in [0.4, 0.5) is 13.2 Å². The Morgan fingerprint density at radius 3 is 2.50 bits per heavy atom. The van der Waals surface area contributed by atoms with Gasteiger partial charge in [0.1, 0.15) is 0 Å². The van der Waals surface area contributed by atoms with E-state index in [1.54, 1.807) is 6.92 Å². The lowest BCUT2D eigenvalue weighted by molar-refractivity contribution is -0.138. The van der Waals surface area contributed by atoms with E-state index < -0.39 is 17.3 Å². The fourth-order valence-electron chi connectivity index (χ4n) is 4.49. The minimum atomic E-state index is -4.52. The van der Waals surface area contributed by atoms with Crippen LogP contribution in [0.15, 0.2) is 41.3 Å². The molecule has 1 aromatic carbocycles. The number of carbonyl (C=O) groups is 1. The second kappa shape index (κ2) is 7.91. The zero-order valence-corrected chi connectivity index (χ0v) is 16.7. The van der Waals surface area contributed by atoms with Gasteiger partial charge in [-0.2, -0.15) is 13.2 Å².